The summed E-state index contributed by atoms with van der Waals surface area (Å²) in [6.07, 6.45) is 0. The smallest absolute Gasteiger partial charge is 0.321 e. The molecule has 0 aliphatic carbocycles. The minimum absolute atomic E-state index is 0.242. The summed E-state index contributed by atoms with van der Waals surface area (Å²) in [5, 5.41) is 0. The first-order valence-corrected chi connectivity index (χ1v) is 5.46. The van der Waals surface area contributed by atoms with Crippen molar-refractivity contribution in [2.75, 3.05) is 12.5 Å². The van der Waals surface area contributed by atoms with Gasteiger partial charge < -0.3 is 4.74 Å². The molecule has 0 bridgehead atoms. The van der Waals surface area contributed by atoms with E-state index >= 15 is 0 Å². The number of carbonyl (C=O) groups is 2. The van der Waals surface area contributed by atoms with Crippen molar-refractivity contribution < 1.29 is 14.3 Å². The molecule has 1 aromatic rings. The second kappa shape index (κ2) is 5.88. The van der Waals surface area contributed by atoms with Gasteiger partial charge in [-0.05, 0) is 12.1 Å². The fourth-order valence-corrected chi connectivity index (χ4v) is 1.25. The number of ketones is 1. The van der Waals surface area contributed by atoms with Crippen LogP contribution in [0.2, 0.25) is 0 Å². The van der Waals surface area contributed by atoms with Gasteiger partial charge in [0, 0.05) is 10.0 Å². The van der Waals surface area contributed by atoms with Crippen molar-refractivity contribution in [2.45, 2.75) is 0 Å². The van der Waals surface area contributed by atoms with Crippen LogP contribution < -0.4 is 0 Å². The molecule has 0 saturated carbocycles. The number of hydrogen-bond acceptors (Lipinski definition) is 3. The monoisotopic (exact) mass is 290 g/mol. The maximum Gasteiger partial charge on any atom is 0.321 e. The number of esters is 1. The molecule has 0 fully saturated rings. The summed E-state index contributed by atoms with van der Waals surface area (Å²) in [7, 11) is 0. The molecule has 3 nitrogen and oxygen atoms in total. The zero-order valence-electron chi connectivity index (χ0n) is 7.70. The van der Waals surface area contributed by atoms with E-state index in [9.17, 15) is 9.59 Å². The number of hydrogen-bond donors (Lipinski definition) is 0. The van der Waals surface area contributed by atoms with Crippen molar-refractivity contribution in [3.8, 4) is 0 Å². The SMILES string of the molecule is O=C(CCl)OCC(=O)c1ccc(Br)cc1. The highest BCUT2D eigenvalue weighted by Crippen LogP contribution is 2.10. The normalized spacial score (nSPS) is 9.73. The van der Waals surface area contributed by atoms with Gasteiger partial charge in [0.1, 0.15) is 5.88 Å². The third kappa shape index (κ3) is 4.01. The first-order chi connectivity index (χ1) is 7.13. The molecule has 1 rings (SSSR count). The summed E-state index contributed by atoms with van der Waals surface area (Å²) >= 11 is 8.46. The molecule has 0 spiro atoms. The number of ether oxygens (including phenoxy) is 1. The minimum atomic E-state index is -0.595. The lowest BCUT2D eigenvalue weighted by atomic mass is 10.1. The molecule has 0 heterocycles. The van der Waals surface area contributed by atoms with Crippen molar-refractivity contribution >= 4 is 39.3 Å². The van der Waals surface area contributed by atoms with Crippen LogP contribution in [-0.2, 0) is 9.53 Å². The molecule has 0 aliphatic rings. The molecule has 0 atom stereocenters. The lowest BCUT2D eigenvalue weighted by molar-refractivity contribution is -0.139. The van der Waals surface area contributed by atoms with Crippen LogP contribution in [0.4, 0.5) is 0 Å². The quantitative estimate of drug-likeness (QED) is 0.486. The minimum Gasteiger partial charge on any atom is -0.456 e. The van der Waals surface area contributed by atoms with Gasteiger partial charge in [-0.25, -0.2) is 0 Å². The Morgan fingerprint density at radius 2 is 1.87 bits per heavy atom. The van der Waals surface area contributed by atoms with Gasteiger partial charge in [-0.1, -0.05) is 28.1 Å². The molecule has 0 N–H and O–H groups in total. The molecular weight excluding hydrogens is 283 g/mol. The largest absolute Gasteiger partial charge is 0.456 e. The summed E-state index contributed by atoms with van der Waals surface area (Å²) < 4.78 is 5.49. The molecule has 0 aromatic heterocycles. The highest BCUT2D eigenvalue weighted by atomic mass is 79.9. The van der Waals surface area contributed by atoms with Crippen LogP contribution in [0.15, 0.2) is 28.7 Å². The van der Waals surface area contributed by atoms with Crippen LogP contribution in [0, 0.1) is 0 Å². The third-order valence-electron chi connectivity index (χ3n) is 1.64. The molecule has 0 saturated heterocycles. The number of rotatable bonds is 4. The van der Waals surface area contributed by atoms with Gasteiger partial charge in [0.05, 0.1) is 0 Å². The fraction of sp³-hybridized carbons (Fsp3) is 0.200. The summed E-state index contributed by atoms with van der Waals surface area (Å²) in [6, 6.07) is 6.80. The van der Waals surface area contributed by atoms with Crippen LogP contribution >= 0.6 is 27.5 Å². The van der Waals surface area contributed by atoms with E-state index < -0.39 is 5.97 Å². The van der Waals surface area contributed by atoms with E-state index in [-0.39, 0.29) is 18.3 Å². The van der Waals surface area contributed by atoms with Gasteiger partial charge in [-0.15, -0.1) is 11.6 Å². The lowest BCUT2D eigenvalue weighted by Gasteiger charge is -2.02. The van der Waals surface area contributed by atoms with Crippen LogP contribution in [0.25, 0.3) is 0 Å². The Bertz CT molecular complexity index is 361. The van der Waals surface area contributed by atoms with Crippen LogP contribution in [0.1, 0.15) is 10.4 Å². The highest BCUT2D eigenvalue weighted by molar-refractivity contribution is 9.10. The Labute approximate surface area is 100 Å². The number of alkyl halides is 1. The second-order valence-electron chi connectivity index (χ2n) is 2.72. The molecule has 0 unspecified atom stereocenters. The maximum atomic E-state index is 11.4. The average Bonchev–Trinajstić information content (AvgIpc) is 2.26. The predicted molar refractivity (Wildman–Crippen MR) is 60.2 cm³/mol. The van der Waals surface area contributed by atoms with Crippen molar-refractivity contribution in [1.82, 2.24) is 0 Å². The van der Waals surface area contributed by atoms with Gasteiger partial charge in [0.2, 0.25) is 0 Å². The van der Waals surface area contributed by atoms with E-state index in [1.165, 1.54) is 0 Å². The summed E-state index contributed by atoms with van der Waals surface area (Å²) in [5.74, 6) is -1.09. The van der Waals surface area contributed by atoms with Crippen molar-refractivity contribution in [2.24, 2.45) is 0 Å². The van der Waals surface area contributed by atoms with Crippen LogP contribution in [0.5, 0.6) is 0 Å². The summed E-state index contributed by atoms with van der Waals surface area (Å²) in [6.45, 7) is -0.271. The van der Waals surface area contributed by atoms with E-state index in [4.69, 9.17) is 11.6 Å². The molecule has 1 aromatic carbocycles. The van der Waals surface area contributed by atoms with Gasteiger partial charge in [-0.3, -0.25) is 9.59 Å². The Morgan fingerprint density at radius 1 is 1.27 bits per heavy atom. The Balaban J connectivity index is 2.54. The summed E-state index contributed by atoms with van der Waals surface area (Å²) in [5.41, 5.74) is 0.501. The standard InChI is InChI=1S/C10H8BrClO3/c11-8-3-1-7(2-4-8)9(13)6-15-10(14)5-12/h1-4H,5-6H2. The molecule has 0 aliphatic heterocycles. The van der Waals surface area contributed by atoms with E-state index in [0.717, 1.165) is 4.47 Å². The average molecular weight is 292 g/mol. The van der Waals surface area contributed by atoms with Crippen molar-refractivity contribution in [3.05, 3.63) is 34.3 Å². The van der Waals surface area contributed by atoms with Crippen molar-refractivity contribution in [1.29, 1.82) is 0 Å². The molecule has 80 valence electrons. The van der Waals surface area contributed by atoms with E-state index in [1.54, 1.807) is 24.3 Å². The third-order valence-corrected chi connectivity index (χ3v) is 2.39. The maximum absolute atomic E-state index is 11.4. The molecular formula is C10H8BrClO3. The predicted octanol–water partition coefficient (Wildman–Crippen LogP) is 2.41. The van der Waals surface area contributed by atoms with Gasteiger partial charge in [0.15, 0.2) is 12.4 Å². The lowest BCUT2D eigenvalue weighted by Crippen LogP contribution is -2.14. The second-order valence-corrected chi connectivity index (χ2v) is 3.91. The topological polar surface area (TPSA) is 43.4 Å². The van der Waals surface area contributed by atoms with Crippen molar-refractivity contribution in [3.63, 3.8) is 0 Å². The van der Waals surface area contributed by atoms with E-state index in [0.29, 0.717) is 5.56 Å². The van der Waals surface area contributed by atoms with E-state index in [1.807, 2.05) is 0 Å². The van der Waals surface area contributed by atoms with E-state index in [2.05, 4.69) is 20.7 Å². The molecule has 0 amide bonds. The molecule has 15 heavy (non-hydrogen) atoms. The number of Topliss-reactive ketones (excluding diaryl/α,β-unsaturated/α-hetero) is 1. The molecule has 5 heteroatoms. The molecule has 0 radical (unpaired) electrons. The zero-order chi connectivity index (χ0) is 11.3. The van der Waals surface area contributed by atoms with Crippen LogP contribution in [0.3, 0.4) is 0 Å². The summed E-state index contributed by atoms with van der Waals surface area (Å²) in [4.78, 5) is 22.1. The number of benzene rings is 1. The van der Waals surface area contributed by atoms with Gasteiger partial charge in [0.25, 0.3) is 0 Å². The Morgan fingerprint density at radius 3 is 2.40 bits per heavy atom. The first-order valence-electron chi connectivity index (χ1n) is 4.14. The Hall–Kier alpha value is -0.870. The van der Waals surface area contributed by atoms with Gasteiger partial charge >= 0.3 is 5.97 Å². The van der Waals surface area contributed by atoms with Crippen LogP contribution in [-0.4, -0.2) is 24.2 Å². The zero-order valence-corrected chi connectivity index (χ0v) is 10.0. The number of carbonyl (C=O) groups excluding carboxylic acids is 2. The van der Waals surface area contributed by atoms with Gasteiger partial charge in [-0.2, -0.15) is 0 Å². The first kappa shape index (κ1) is 12.2. The Kier molecular flexibility index (Phi) is 4.78. The highest BCUT2D eigenvalue weighted by Gasteiger charge is 2.08. The number of halogens is 2. The fourth-order valence-electron chi connectivity index (χ4n) is 0.904.